The molecular weight excluding hydrogens is 432 g/mol. The lowest BCUT2D eigenvalue weighted by Crippen LogP contribution is -2.37. The highest BCUT2D eigenvalue weighted by Gasteiger charge is 2.70. The average molecular weight is 461 g/mol. The molecule has 4 bridgehead atoms. The second kappa shape index (κ2) is 6.09. The van der Waals surface area contributed by atoms with Crippen LogP contribution in [-0.4, -0.2) is 23.9 Å². The average Bonchev–Trinajstić information content (AvgIpc) is 3.58. The molecule has 2 aromatic carbocycles. The molecule has 0 radical (unpaired) electrons. The van der Waals surface area contributed by atoms with Gasteiger partial charge in [-0.2, -0.15) is 0 Å². The number of nitrogens with one attached hydrogen (secondary N) is 1. The standard InChI is InChI=1S/C27H28N2O3S/c1-26(2)21-8-4-5-9-22(21)28-24(26)20-14-29(23-10-6-3-7-18(20)23)33(31,32)15-27-13-16-11-17(27)12-19(16)25(27)30/h3-10,14,16-17,19,24,28H,11-13,15H2,1-2H3/t16?,17-,19-,24?,27?/m0/s1. The molecule has 4 fully saturated rings. The number of carbonyl (C=O) groups is 1. The summed E-state index contributed by atoms with van der Waals surface area (Å²) in [6, 6.07) is 16.0. The molecule has 5 nitrogen and oxygen atoms in total. The highest BCUT2D eigenvalue weighted by Crippen LogP contribution is 2.68. The van der Waals surface area contributed by atoms with E-state index in [-0.39, 0.29) is 34.8 Å². The number of para-hydroxylation sites is 2. The van der Waals surface area contributed by atoms with Gasteiger partial charge < -0.3 is 5.32 Å². The van der Waals surface area contributed by atoms with E-state index in [2.05, 4.69) is 37.4 Å². The molecule has 4 saturated carbocycles. The number of hydrogen-bond donors (Lipinski definition) is 1. The van der Waals surface area contributed by atoms with Crippen molar-refractivity contribution < 1.29 is 13.2 Å². The van der Waals surface area contributed by atoms with E-state index in [1.54, 1.807) is 0 Å². The Hall–Kier alpha value is -2.60. The fourth-order valence-corrected chi connectivity index (χ4v) is 9.85. The molecule has 33 heavy (non-hydrogen) atoms. The van der Waals surface area contributed by atoms with Gasteiger partial charge in [0.2, 0.25) is 10.0 Å². The Kier molecular flexibility index (Phi) is 3.66. The number of hydrogen-bond acceptors (Lipinski definition) is 4. The van der Waals surface area contributed by atoms with Crippen molar-refractivity contribution in [2.75, 3.05) is 11.1 Å². The fraction of sp³-hybridized carbons (Fsp3) is 0.444. The summed E-state index contributed by atoms with van der Waals surface area (Å²) in [7, 11) is -3.70. The molecule has 4 aliphatic carbocycles. The van der Waals surface area contributed by atoms with Crippen LogP contribution in [0.3, 0.4) is 0 Å². The first-order valence-corrected chi connectivity index (χ1v) is 13.6. The zero-order valence-corrected chi connectivity index (χ0v) is 19.7. The second-order valence-corrected chi connectivity index (χ2v) is 13.1. The van der Waals surface area contributed by atoms with Gasteiger partial charge in [0.25, 0.3) is 0 Å². The largest absolute Gasteiger partial charge is 0.377 e. The van der Waals surface area contributed by atoms with E-state index in [0.717, 1.165) is 35.9 Å². The molecule has 6 heteroatoms. The van der Waals surface area contributed by atoms with E-state index in [1.807, 2.05) is 36.5 Å². The molecule has 0 saturated heterocycles. The lowest BCUT2D eigenvalue weighted by molar-refractivity contribution is -0.126. The second-order valence-electron chi connectivity index (χ2n) is 11.3. The number of ketones is 1. The first kappa shape index (κ1) is 19.8. The lowest BCUT2D eigenvalue weighted by atomic mass is 9.78. The van der Waals surface area contributed by atoms with E-state index in [0.29, 0.717) is 11.4 Å². The van der Waals surface area contributed by atoms with Gasteiger partial charge in [0.05, 0.1) is 17.3 Å². The van der Waals surface area contributed by atoms with Crippen LogP contribution in [0.15, 0.2) is 54.7 Å². The Morgan fingerprint density at radius 1 is 1.06 bits per heavy atom. The third-order valence-corrected chi connectivity index (χ3v) is 11.1. The van der Waals surface area contributed by atoms with Crippen LogP contribution in [0, 0.1) is 23.2 Å². The third kappa shape index (κ3) is 2.38. The van der Waals surface area contributed by atoms with Crippen LogP contribution in [0.1, 0.15) is 50.3 Å². The molecule has 2 heterocycles. The number of aromatic nitrogens is 1. The van der Waals surface area contributed by atoms with E-state index >= 15 is 0 Å². The molecule has 8 rings (SSSR count). The summed E-state index contributed by atoms with van der Waals surface area (Å²) in [5, 5.41) is 4.60. The molecule has 0 spiro atoms. The van der Waals surface area contributed by atoms with Crippen LogP contribution in [0.2, 0.25) is 0 Å². The van der Waals surface area contributed by atoms with E-state index in [4.69, 9.17) is 0 Å². The Morgan fingerprint density at radius 2 is 1.82 bits per heavy atom. The van der Waals surface area contributed by atoms with Crippen molar-refractivity contribution >= 4 is 32.4 Å². The zero-order valence-electron chi connectivity index (χ0n) is 18.9. The van der Waals surface area contributed by atoms with Crippen molar-refractivity contribution in [3.8, 4) is 0 Å². The minimum Gasteiger partial charge on any atom is -0.377 e. The van der Waals surface area contributed by atoms with Gasteiger partial charge in [-0.05, 0) is 48.8 Å². The molecule has 3 aromatic rings. The summed E-state index contributed by atoms with van der Waals surface area (Å²) in [6.07, 6.45) is 4.51. The minimum absolute atomic E-state index is 0.0498. The molecule has 1 N–H and O–H groups in total. The molecule has 5 aliphatic rings. The Balaban J connectivity index is 1.34. The van der Waals surface area contributed by atoms with Crippen LogP contribution in [0.5, 0.6) is 0 Å². The molecule has 1 aromatic heterocycles. The number of Topliss-reactive ketones (excluding diaryl/α,β-unsaturated/α-hetero) is 1. The quantitative estimate of drug-likeness (QED) is 0.603. The number of rotatable bonds is 4. The van der Waals surface area contributed by atoms with Gasteiger partial charge in [-0.1, -0.05) is 50.2 Å². The summed E-state index contributed by atoms with van der Waals surface area (Å²) >= 11 is 0. The van der Waals surface area contributed by atoms with Crippen molar-refractivity contribution in [2.45, 2.75) is 44.6 Å². The van der Waals surface area contributed by atoms with Gasteiger partial charge in [-0.3, -0.25) is 4.79 Å². The highest BCUT2D eigenvalue weighted by molar-refractivity contribution is 7.90. The molecule has 0 amide bonds. The number of fused-ring (bicyclic) bond motifs is 2. The minimum atomic E-state index is -3.70. The number of anilines is 1. The fourth-order valence-electron chi connectivity index (χ4n) is 7.84. The molecule has 3 unspecified atom stereocenters. The summed E-state index contributed by atoms with van der Waals surface area (Å²) in [5.41, 5.74) is 3.17. The van der Waals surface area contributed by atoms with E-state index in [1.165, 1.54) is 9.54 Å². The van der Waals surface area contributed by atoms with Gasteiger partial charge in [-0.25, -0.2) is 12.4 Å². The monoisotopic (exact) mass is 460 g/mol. The van der Waals surface area contributed by atoms with Gasteiger partial charge in [0.1, 0.15) is 5.78 Å². The third-order valence-electron chi connectivity index (χ3n) is 9.33. The molecule has 5 atom stereocenters. The summed E-state index contributed by atoms with van der Waals surface area (Å²) in [6.45, 7) is 4.42. The summed E-state index contributed by atoms with van der Waals surface area (Å²) in [4.78, 5) is 13.0. The maximum absolute atomic E-state index is 13.9. The Bertz CT molecular complexity index is 1450. The summed E-state index contributed by atoms with van der Waals surface area (Å²) < 4.78 is 29.3. The van der Waals surface area contributed by atoms with Gasteiger partial charge in [0.15, 0.2) is 0 Å². The van der Waals surface area contributed by atoms with Crippen LogP contribution in [0.25, 0.3) is 10.9 Å². The Labute approximate surface area is 194 Å². The van der Waals surface area contributed by atoms with Crippen molar-refractivity contribution in [2.24, 2.45) is 23.2 Å². The maximum atomic E-state index is 13.9. The van der Waals surface area contributed by atoms with E-state index < -0.39 is 15.4 Å². The van der Waals surface area contributed by atoms with Crippen molar-refractivity contribution in [1.29, 1.82) is 0 Å². The normalized spacial score (nSPS) is 33.2. The molecule has 1 aliphatic heterocycles. The Morgan fingerprint density at radius 3 is 2.52 bits per heavy atom. The smallest absolute Gasteiger partial charge is 0.239 e. The van der Waals surface area contributed by atoms with E-state index in [9.17, 15) is 13.2 Å². The van der Waals surface area contributed by atoms with Crippen LogP contribution >= 0.6 is 0 Å². The van der Waals surface area contributed by atoms with Crippen molar-refractivity contribution in [3.63, 3.8) is 0 Å². The number of benzene rings is 2. The van der Waals surface area contributed by atoms with Crippen LogP contribution in [-0.2, 0) is 20.2 Å². The zero-order chi connectivity index (χ0) is 22.8. The lowest BCUT2D eigenvalue weighted by Gasteiger charge is -2.28. The van der Waals surface area contributed by atoms with Crippen LogP contribution in [0.4, 0.5) is 5.69 Å². The number of nitrogens with zero attached hydrogens (tertiary/aromatic N) is 1. The number of carbonyl (C=O) groups excluding carboxylic acids is 1. The topological polar surface area (TPSA) is 68.2 Å². The predicted molar refractivity (Wildman–Crippen MR) is 129 cm³/mol. The SMILES string of the molecule is CC1(C)c2ccccc2NC1c1cn(S(=O)(=O)CC23CC4C[C@H]2C[C@@H]4C3=O)c2ccccc12. The van der Waals surface area contributed by atoms with Gasteiger partial charge in [-0.15, -0.1) is 0 Å². The highest BCUT2D eigenvalue weighted by atomic mass is 32.2. The molecule has 170 valence electrons. The van der Waals surface area contributed by atoms with Gasteiger partial charge >= 0.3 is 0 Å². The maximum Gasteiger partial charge on any atom is 0.239 e. The first-order valence-electron chi connectivity index (χ1n) is 12.0. The van der Waals surface area contributed by atoms with Crippen LogP contribution < -0.4 is 5.32 Å². The van der Waals surface area contributed by atoms with Gasteiger partial charge in [0, 0.05) is 39.6 Å². The summed E-state index contributed by atoms with van der Waals surface area (Å²) in [5.74, 6) is 0.941. The van der Waals surface area contributed by atoms with Crippen molar-refractivity contribution in [1.82, 2.24) is 3.97 Å². The predicted octanol–water partition coefficient (Wildman–Crippen LogP) is 4.88. The first-order chi connectivity index (χ1) is 15.7. The van der Waals surface area contributed by atoms with Crippen molar-refractivity contribution in [3.05, 3.63) is 65.9 Å². The molecular formula is C27H28N2O3S.